The molecular weight excluding hydrogens is 414 g/mol. The van der Waals surface area contributed by atoms with Gasteiger partial charge in [0.25, 0.3) is 0 Å². The van der Waals surface area contributed by atoms with Crippen molar-refractivity contribution in [2.24, 2.45) is 4.99 Å². The summed E-state index contributed by atoms with van der Waals surface area (Å²) in [7, 11) is 0. The van der Waals surface area contributed by atoms with E-state index in [1.807, 2.05) is 47.3 Å². The predicted octanol–water partition coefficient (Wildman–Crippen LogP) is 2.90. The van der Waals surface area contributed by atoms with Gasteiger partial charge in [0.15, 0.2) is 5.96 Å². The minimum Gasteiger partial charge on any atom is -0.364 e. The summed E-state index contributed by atoms with van der Waals surface area (Å²) in [5.41, 5.74) is 2.10. The molecule has 0 radical (unpaired) electrons. The number of hydrogen-bond donors (Lipinski definition) is 1. The van der Waals surface area contributed by atoms with Gasteiger partial charge in [-0.25, -0.2) is 0 Å². The number of aliphatic imine (C=N–C) groups is 1. The Morgan fingerprint density at radius 3 is 2.65 bits per heavy atom. The first kappa shape index (κ1) is 21.4. The fourth-order valence-electron chi connectivity index (χ4n) is 3.76. The van der Waals surface area contributed by atoms with E-state index >= 15 is 0 Å². The Hall–Kier alpha value is -2.84. The van der Waals surface area contributed by atoms with Crippen molar-refractivity contribution >= 4 is 17.6 Å². The summed E-state index contributed by atoms with van der Waals surface area (Å²) >= 11 is 6.09. The van der Waals surface area contributed by atoms with E-state index in [4.69, 9.17) is 21.1 Å². The molecule has 9 heteroatoms. The zero-order valence-electron chi connectivity index (χ0n) is 17.7. The minimum absolute atomic E-state index is 0.00868. The molecule has 1 saturated heterocycles. The maximum absolute atomic E-state index is 6.09. The Bertz CT molecular complexity index is 933. The molecule has 2 aromatic heterocycles. The van der Waals surface area contributed by atoms with Crippen LogP contribution in [0.3, 0.4) is 0 Å². The number of hydrogen-bond acceptors (Lipinski definition) is 5. The van der Waals surface area contributed by atoms with Crippen LogP contribution in [0.15, 0.2) is 64.6 Å². The van der Waals surface area contributed by atoms with Crippen LogP contribution in [0, 0.1) is 0 Å². The number of benzene rings is 1. The number of piperazine rings is 1. The molecule has 0 spiro atoms. The van der Waals surface area contributed by atoms with Gasteiger partial charge in [-0.15, -0.1) is 0 Å². The van der Waals surface area contributed by atoms with E-state index < -0.39 is 0 Å². The average molecular weight is 442 g/mol. The summed E-state index contributed by atoms with van der Waals surface area (Å²) in [6.45, 7) is 8.06. The van der Waals surface area contributed by atoms with Crippen LogP contribution in [0.25, 0.3) is 0 Å². The van der Waals surface area contributed by atoms with Crippen LogP contribution in [0.5, 0.6) is 0 Å². The number of aromatic nitrogens is 3. The summed E-state index contributed by atoms with van der Waals surface area (Å²) in [5.74, 6) is 0.940. The third kappa shape index (κ3) is 5.65. The molecule has 1 atom stereocenters. The predicted molar refractivity (Wildman–Crippen MR) is 121 cm³/mol. The van der Waals surface area contributed by atoms with E-state index in [9.17, 15) is 0 Å². The lowest BCUT2D eigenvalue weighted by Gasteiger charge is -2.36. The molecule has 3 heterocycles. The van der Waals surface area contributed by atoms with Crippen molar-refractivity contribution in [3.63, 3.8) is 0 Å². The number of nitrogens with zero attached hydrogens (tertiary/aromatic N) is 6. The molecule has 1 N–H and O–H groups in total. The van der Waals surface area contributed by atoms with Gasteiger partial charge in [0.2, 0.25) is 0 Å². The molecular formula is C22H28ClN7O. The molecule has 164 valence electrons. The average Bonchev–Trinajstić information content (AvgIpc) is 3.50. The summed E-state index contributed by atoms with van der Waals surface area (Å²) < 4.78 is 6.90. The van der Waals surface area contributed by atoms with E-state index in [0.29, 0.717) is 6.54 Å². The van der Waals surface area contributed by atoms with Crippen LogP contribution in [0.4, 0.5) is 0 Å². The molecule has 3 aromatic rings. The first-order chi connectivity index (χ1) is 15.2. The molecule has 4 rings (SSSR count). The molecule has 1 aromatic carbocycles. The Labute approximate surface area is 187 Å². The number of guanidine groups is 1. The zero-order valence-corrected chi connectivity index (χ0v) is 18.4. The lowest BCUT2D eigenvalue weighted by atomic mass is 10.1. The van der Waals surface area contributed by atoms with E-state index in [1.165, 1.54) is 0 Å². The maximum Gasteiger partial charge on any atom is 0.194 e. The van der Waals surface area contributed by atoms with E-state index in [2.05, 4.69) is 32.3 Å². The van der Waals surface area contributed by atoms with Gasteiger partial charge in [0.05, 0.1) is 18.3 Å². The van der Waals surface area contributed by atoms with Gasteiger partial charge in [0.1, 0.15) is 6.26 Å². The van der Waals surface area contributed by atoms with Crippen molar-refractivity contribution in [3.8, 4) is 0 Å². The van der Waals surface area contributed by atoms with Gasteiger partial charge in [-0.1, -0.05) is 28.9 Å². The Balaban J connectivity index is 1.44. The van der Waals surface area contributed by atoms with Crippen molar-refractivity contribution in [1.82, 2.24) is 30.1 Å². The quantitative estimate of drug-likeness (QED) is 0.449. The highest BCUT2D eigenvalue weighted by molar-refractivity contribution is 6.30. The summed E-state index contributed by atoms with van der Waals surface area (Å²) in [6, 6.07) is 11.8. The highest BCUT2D eigenvalue weighted by Crippen LogP contribution is 2.20. The second kappa shape index (κ2) is 10.5. The van der Waals surface area contributed by atoms with Gasteiger partial charge < -0.3 is 14.7 Å². The molecule has 31 heavy (non-hydrogen) atoms. The Kier molecular flexibility index (Phi) is 7.22. The lowest BCUT2D eigenvalue weighted by Crippen LogP contribution is -2.52. The van der Waals surface area contributed by atoms with Gasteiger partial charge >= 0.3 is 0 Å². The first-order valence-electron chi connectivity index (χ1n) is 10.6. The highest BCUT2D eigenvalue weighted by Gasteiger charge is 2.21. The van der Waals surface area contributed by atoms with Crippen molar-refractivity contribution in [1.29, 1.82) is 0 Å². The van der Waals surface area contributed by atoms with Gasteiger partial charge in [-0.3, -0.25) is 14.6 Å². The second-order valence-corrected chi connectivity index (χ2v) is 7.94. The Morgan fingerprint density at radius 1 is 1.19 bits per heavy atom. The standard InChI is InChI=1S/C22H28ClN7O/c1-2-24-22(29-13-11-28(12-14-29)17-20-8-15-31-27-20)25-16-21(30-10-3-9-26-30)18-4-6-19(23)7-5-18/h3-10,15,21H,2,11-14,16-17H2,1H3,(H,24,25). The molecule has 8 nitrogen and oxygen atoms in total. The van der Waals surface area contributed by atoms with Crippen LogP contribution >= 0.6 is 11.6 Å². The number of halogens is 1. The molecule has 0 amide bonds. The van der Waals surface area contributed by atoms with Crippen molar-refractivity contribution < 1.29 is 4.52 Å². The second-order valence-electron chi connectivity index (χ2n) is 7.50. The smallest absolute Gasteiger partial charge is 0.194 e. The summed E-state index contributed by atoms with van der Waals surface area (Å²) in [6.07, 6.45) is 5.40. The van der Waals surface area contributed by atoms with Crippen LogP contribution in [0.2, 0.25) is 5.02 Å². The van der Waals surface area contributed by atoms with Crippen LogP contribution < -0.4 is 5.32 Å². The molecule has 0 saturated carbocycles. The van der Waals surface area contributed by atoms with Crippen molar-refractivity contribution in [2.75, 3.05) is 39.3 Å². The topological polar surface area (TPSA) is 74.7 Å². The fourth-order valence-corrected chi connectivity index (χ4v) is 3.88. The molecule has 1 aliphatic rings. The summed E-state index contributed by atoms with van der Waals surface area (Å²) in [4.78, 5) is 9.70. The van der Waals surface area contributed by atoms with E-state index in [-0.39, 0.29) is 6.04 Å². The van der Waals surface area contributed by atoms with Crippen molar-refractivity contribution in [3.05, 3.63) is 71.3 Å². The molecule has 1 unspecified atom stereocenters. The number of nitrogens with one attached hydrogen (secondary N) is 1. The zero-order chi connectivity index (χ0) is 21.5. The molecule has 0 aliphatic carbocycles. The van der Waals surface area contributed by atoms with Gasteiger partial charge in [0, 0.05) is 62.8 Å². The minimum atomic E-state index is 0.00868. The van der Waals surface area contributed by atoms with Crippen LogP contribution in [-0.4, -0.2) is 70.0 Å². The largest absolute Gasteiger partial charge is 0.364 e. The van der Waals surface area contributed by atoms with Gasteiger partial charge in [-0.05, 0) is 30.7 Å². The van der Waals surface area contributed by atoms with E-state index in [0.717, 1.165) is 61.5 Å². The molecule has 1 fully saturated rings. The third-order valence-corrected chi connectivity index (χ3v) is 5.65. The van der Waals surface area contributed by atoms with Crippen LogP contribution in [0.1, 0.15) is 24.2 Å². The third-order valence-electron chi connectivity index (χ3n) is 5.40. The monoisotopic (exact) mass is 441 g/mol. The first-order valence-corrected chi connectivity index (χ1v) is 11.0. The number of rotatable bonds is 7. The Morgan fingerprint density at radius 2 is 2.00 bits per heavy atom. The van der Waals surface area contributed by atoms with Crippen LogP contribution in [-0.2, 0) is 6.54 Å². The SMILES string of the molecule is CCNC(=NCC(c1ccc(Cl)cc1)n1cccn1)N1CCN(Cc2ccon2)CC1. The molecule has 1 aliphatic heterocycles. The molecule has 0 bridgehead atoms. The lowest BCUT2D eigenvalue weighted by molar-refractivity contribution is 0.169. The van der Waals surface area contributed by atoms with Gasteiger partial charge in [-0.2, -0.15) is 5.10 Å². The summed E-state index contributed by atoms with van der Waals surface area (Å²) in [5, 5.41) is 12.7. The van der Waals surface area contributed by atoms with Crippen molar-refractivity contribution in [2.45, 2.75) is 19.5 Å². The fraction of sp³-hybridized carbons (Fsp3) is 0.409. The normalized spacial score (nSPS) is 16.5. The maximum atomic E-state index is 6.09. The highest BCUT2D eigenvalue weighted by atomic mass is 35.5. The van der Waals surface area contributed by atoms with E-state index in [1.54, 1.807) is 12.5 Å².